The SMILES string of the molecule is Cc1ccc(-c2nc3ccccc3c(-c3ccccc3)c2N2CCSC2=O)cc1.Cl. The van der Waals surface area contributed by atoms with E-state index < -0.39 is 0 Å². The number of halogens is 1. The zero-order valence-corrected chi connectivity index (χ0v) is 18.2. The number of aryl methyl sites for hydroxylation is 1. The van der Waals surface area contributed by atoms with Gasteiger partial charge in [0.05, 0.1) is 16.9 Å². The Labute approximate surface area is 186 Å². The summed E-state index contributed by atoms with van der Waals surface area (Å²) in [4.78, 5) is 19.7. The van der Waals surface area contributed by atoms with Gasteiger partial charge in [-0.3, -0.25) is 9.69 Å². The van der Waals surface area contributed by atoms with Gasteiger partial charge in [-0.05, 0) is 18.6 Å². The molecule has 30 heavy (non-hydrogen) atoms. The number of pyridine rings is 1. The molecule has 0 saturated carbocycles. The molecule has 0 bridgehead atoms. The van der Waals surface area contributed by atoms with Crippen LogP contribution in [0.2, 0.25) is 0 Å². The topological polar surface area (TPSA) is 33.2 Å². The number of nitrogens with zero attached hydrogens (tertiary/aromatic N) is 2. The van der Waals surface area contributed by atoms with Crippen molar-refractivity contribution in [3.8, 4) is 22.4 Å². The maximum atomic E-state index is 12.8. The summed E-state index contributed by atoms with van der Waals surface area (Å²) in [6.45, 7) is 2.77. The summed E-state index contributed by atoms with van der Waals surface area (Å²) in [7, 11) is 0. The molecule has 0 spiro atoms. The number of amides is 1. The van der Waals surface area contributed by atoms with Crippen LogP contribution in [0.5, 0.6) is 0 Å². The third kappa shape index (κ3) is 3.57. The molecule has 1 amide bonds. The van der Waals surface area contributed by atoms with Gasteiger partial charge in [0.2, 0.25) is 0 Å². The van der Waals surface area contributed by atoms with Crippen LogP contribution < -0.4 is 4.90 Å². The van der Waals surface area contributed by atoms with Crippen molar-refractivity contribution in [3.63, 3.8) is 0 Å². The average molecular weight is 433 g/mol. The van der Waals surface area contributed by atoms with Crippen LogP contribution in [-0.2, 0) is 0 Å². The molecule has 2 heterocycles. The van der Waals surface area contributed by atoms with Gasteiger partial charge >= 0.3 is 0 Å². The van der Waals surface area contributed by atoms with Gasteiger partial charge in [-0.1, -0.05) is 90.1 Å². The van der Waals surface area contributed by atoms with E-state index in [0.717, 1.165) is 44.7 Å². The molecule has 150 valence electrons. The van der Waals surface area contributed by atoms with Gasteiger partial charge in [-0.15, -0.1) is 12.4 Å². The van der Waals surface area contributed by atoms with Crippen molar-refractivity contribution in [1.29, 1.82) is 0 Å². The lowest BCUT2D eigenvalue weighted by Gasteiger charge is -2.24. The van der Waals surface area contributed by atoms with Crippen molar-refractivity contribution in [2.75, 3.05) is 17.2 Å². The lowest BCUT2D eigenvalue weighted by Crippen LogP contribution is -2.24. The molecule has 1 aromatic heterocycles. The molecular formula is C25H21ClN2OS. The molecule has 4 aromatic rings. The highest BCUT2D eigenvalue weighted by Crippen LogP contribution is 2.44. The van der Waals surface area contributed by atoms with E-state index in [1.165, 1.54) is 17.3 Å². The fraction of sp³-hybridized carbons (Fsp3) is 0.120. The molecule has 0 N–H and O–H groups in total. The number of benzene rings is 3. The molecule has 0 aliphatic carbocycles. The highest BCUT2D eigenvalue weighted by Gasteiger charge is 2.30. The minimum Gasteiger partial charge on any atom is -0.300 e. The maximum Gasteiger partial charge on any atom is 0.286 e. The van der Waals surface area contributed by atoms with Crippen molar-refractivity contribution < 1.29 is 4.79 Å². The maximum absolute atomic E-state index is 12.8. The second-order valence-electron chi connectivity index (χ2n) is 7.20. The van der Waals surface area contributed by atoms with Gasteiger partial charge in [-0.25, -0.2) is 4.98 Å². The van der Waals surface area contributed by atoms with E-state index in [9.17, 15) is 4.79 Å². The quantitative estimate of drug-likeness (QED) is 0.350. The molecule has 0 atom stereocenters. The van der Waals surface area contributed by atoms with Crippen molar-refractivity contribution in [2.45, 2.75) is 6.92 Å². The molecule has 5 heteroatoms. The Balaban J connectivity index is 0.00000218. The Morgan fingerprint density at radius 2 is 1.57 bits per heavy atom. The molecule has 0 unspecified atom stereocenters. The monoisotopic (exact) mass is 432 g/mol. The summed E-state index contributed by atoms with van der Waals surface area (Å²) in [5.74, 6) is 0.799. The summed E-state index contributed by atoms with van der Waals surface area (Å²) in [5, 5.41) is 1.15. The van der Waals surface area contributed by atoms with E-state index in [1.54, 1.807) is 0 Å². The molecule has 3 aromatic carbocycles. The number of rotatable bonds is 3. The van der Waals surface area contributed by atoms with Gasteiger partial charge in [0, 0.05) is 28.8 Å². The van der Waals surface area contributed by atoms with Crippen LogP contribution in [0.4, 0.5) is 10.5 Å². The number of anilines is 1. The number of aromatic nitrogens is 1. The molecule has 1 aliphatic heterocycles. The number of hydrogen-bond donors (Lipinski definition) is 0. The van der Waals surface area contributed by atoms with E-state index in [-0.39, 0.29) is 17.6 Å². The lowest BCUT2D eigenvalue weighted by atomic mass is 9.94. The van der Waals surface area contributed by atoms with Crippen molar-refractivity contribution in [2.24, 2.45) is 0 Å². The first-order valence-electron chi connectivity index (χ1n) is 9.72. The largest absolute Gasteiger partial charge is 0.300 e. The molecule has 3 nitrogen and oxygen atoms in total. The van der Waals surface area contributed by atoms with Crippen LogP contribution in [-0.4, -0.2) is 22.5 Å². The average Bonchev–Trinajstić information content (AvgIpc) is 3.19. The number of carbonyl (C=O) groups excluding carboxylic acids is 1. The summed E-state index contributed by atoms with van der Waals surface area (Å²) in [6, 6.07) is 26.9. The lowest BCUT2D eigenvalue weighted by molar-refractivity contribution is 0.266. The fourth-order valence-corrected chi connectivity index (χ4v) is 4.66. The Morgan fingerprint density at radius 1 is 0.867 bits per heavy atom. The Bertz CT molecular complexity index is 1210. The second-order valence-corrected chi connectivity index (χ2v) is 8.25. The number of thioether (sulfide) groups is 1. The van der Waals surface area contributed by atoms with Crippen molar-refractivity contribution in [1.82, 2.24) is 4.98 Å². The molecule has 1 aliphatic rings. The fourth-order valence-electron chi connectivity index (χ4n) is 3.87. The van der Waals surface area contributed by atoms with Crippen LogP contribution in [0.15, 0.2) is 78.9 Å². The predicted octanol–water partition coefficient (Wildman–Crippen LogP) is 6.97. The highest BCUT2D eigenvalue weighted by molar-refractivity contribution is 8.14. The first kappa shape index (κ1) is 20.5. The van der Waals surface area contributed by atoms with Crippen LogP contribution in [0.25, 0.3) is 33.3 Å². The van der Waals surface area contributed by atoms with Crippen LogP contribution in [0.3, 0.4) is 0 Å². The minimum atomic E-state index is 0. The first-order chi connectivity index (χ1) is 14.2. The van der Waals surface area contributed by atoms with Gasteiger partial charge < -0.3 is 0 Å². The van der Waals surface area contributed by atoms with E-state index in [4.69, 9.17) is 4.98 Å². The zero-order valence-electron chi connectivity index (χ0n) is 16.5. The number of para-hydroxylation sites is 1. The molecule has 5 rings (SSSR count). The smallest absolute Gasteiger partial charge is 0.286 e. The Kier molecular flexibility index (Phi) is 5.80. The van der Waals surface area contributed by atoms with Crippen LogP contribution in [0.1, 0.15) is 5.56 Å². The Morgan fingerprint density at radius 3 is 2.27 bits per heavy atom. The van der Waals surface area contributed by atoms with Crippen molar-refractivity contribution in [3.05, 3.63) is 84.4 Å². The second kappa shape index (κ2) is 8.50. The van der Waals surface area contributed by atoms with Gasteiger partial charge in [0.1, 0.15) is 0 Å². The van der Waals surface area contributed by atoms with Gasteiger partial charge in [-0.2, -0.15) is 0 Å². The van der Waals surface area contributed by atoms with Gasteiger partial charge in [0.25, 0.3) is 5.24 Å². The molecule has 1 saturated heterocycles. The number of hydrogen-bond acceptors (Lipinski definition) is 3. The van der Waals surface area contributed by atoms with E-state index in [2.05, 4.69) is 49.4 Å². The first-order valence-corrected chi connectivity index (χ1v) is 10.7. The predicted molar refractivity (Wildman–Crippen MR) is 130 cm³/mol. The van der Waals surface area contributed by atoms with E-state index in [0.29, 0.717) is 6.54 Å². The number of carbonyl (C=O) groups is 1. The van der Waals surface area contributed by atoms with E-state index >= 15 is 0 Å². The van der Waals surface area contributed by atoms with E-state index in [1.807, 2.05) is 41.3 Å². The molecule has 0 radical (unpaired) electrons. The Hall–Kier alpha value is -2.82. The molecular weight excluding hydrogens is 412 g/mol. The zero-order chi connectivity index (χ0) is 19.8. The van der Waals surface area contributed by atoms with Gasteiger partial charge in [0.15, 0.2) is 0 Å². The summed E-state index contributed by atoms with van der Waals surface area (Å²) >= 11 is 1.38. The van der Waals surface area contributed by atoms with Crippen LogP contribution >= 0.6 is 24.2 Å². The van der Waals surface area contributed by atoms with Crippen LogP contribution in [0, 0.1) is 6.92 Å². The standard InChI is InChI=1S/C25H20N2OS.ClH/c1-17-11-13-19(14-12-17)23-24(27-15-16-29-25(27)28)22(18-7-3-2-4-8-18)20-9-5-6-10-21(20)26-23;/h2-14H,15-16H2,1H3;1H. The normalized spacial score (nSPS) is 13.5. The minimum absolute atomic E-state index is 0. The number of fused-ring (bicyclic) bond motifs is 1. The summed E-state index contributed by atoms with van der Waals surface area (Å²) < 4.78 is 0. The summed E-state index contributed by atoms with van der Waals surface area (Å²) in [5.41, 5.74) is 7.10. The third-order valence-electron chi connectivity index (χ3n) is 5.28. The molecule has 1 fully saturated rings. The van der Waals surface area contributed by atoms with Crippen molar-refractivity contribution >= 4 is 46.0 Å². The summed E-state index contributed by atoms with van der Waals surface area (Å²) in [6.07, 6.45) is 0. The third-order valence-corrected chi connectivity index (χ3v) is 6.14. The highest BCUT2D eigenvalue weighted by atomic mass is 35.5.